The van der Waals surface area contributed by atoms with Gasteiger partial charge in [0.1, 0.15) is 15.8 Å². The Morgan fingerprint density at radius 3 is 2.85 bits per heavy atom. The fourth-order valence-corrected chi connectivity index (χ4v) is 3.64. The number of ether oxygens (including phenoxy) is 1. The smallest absolute Gasteiger partial charge is 0.225 e. The van der Waals surface area contributed by atoms with Crippen molar-refractivity contribution >= 4 is 23.1 Å². The van der Waals surface area contributed by atoms with Crippen molar-refractivity contribution in [1.82, 2.24) is 25.1 Å². The van der Waals surface area contributed by atoms with Crippen LogP contribution in [0.4, 0.5) is 11.8 Å². The Bertz CT molecular complexity index is 915. The van der Waals surface area contributed by atoms with Crippen molar-refractivity contribution in [2.45, 2.75) is 25.7 Å². The maximum absolute atomic E-state index is 6.05. The molecule has 1 aliphatic rings. The largest absolute Gasteiger partial charge is 0.477 e. The number of rotatable bonds is 6. The van der Waals surface area contributed by atoms with Gasteiger partial charge < -0.3 is 16.2 Å². The summed E-state index contributed by atoms with van der Waals surface area (Å²) in [5.41, 5.74) is 13.6. The molecule has 0 saturated heterocycles. The molecule has 26 heavy (non-hydrogen) atoms. The number of hydrogen-bond acceptors (Lipinski definition) is 9. The van der Waals surface area contributed by atoms with E-state index in [0.29, 0.717) is 42.1 Å². The predicted octanol–water partition coefficient (Wildman–Crippen LogP) is 1.97. The summed E-state index contributed by atoms with van der Waals surface area (Å²) < 4.78 is 5.97. The van der Waals surface area contributed by atoms with E-state index in [9.17, 15) is 0 Å². The number of aromatic nitrogens is 5. The molecule has 2 unspecified atom stereocenters. The third-order valence-electron chi connectivity index (χ3n) is 4.34. The van der Waals surface area contributed by atoms with Gasteiger partial charge in [0.15, 0.2) is 0 Å². The molecule has 0 radical (unpaired) electrons. The lowest BCUT2D eigenvalue weighted by Gasteiger charge is -2.12. The zero-order valence-electron chi connectivity index (χ0n) is 14.3. The Kier molecular flexibility index (Phi) is 4.37. The summed E-state index contributed by atoms with van der Waals surface area (Å²) in [4.78, 5) is 12.7. The molecule has 0 aromatic carbocycles. The van der Waals surface area contributed by atoms with E-state index in [1.807, 2.05) is 25.3 Å². The van der Waals surface area contributed by atoms with Crippen LogP contribution in [0.1, 0.15) is 33.6 Å². The molecule has 0 aliphatic heterocycles. The molecule has 1 fully saturated rings. The lowest BCUT2D eigenvalue weighted by atomic mass is 10.2. The molecule has 134 valence electrons. The summed E-state index contributed by atoms with van der Waals surface area (Å²) in [6, 6.07) is 5.98. The van der Waals surface area contributed by atoms with Crippen molar-refractivity contribution < 1.29 is 4.74 Å². The maximum atomic E-state index is 6.05. The molecule has 3 heterocycles. The third kappa shape index (κ3) is 3.57. The molecule has 9 heteroatoms. The Morgan fingerprint density at radius 1 is 1.23 bits per heavy atom. The second-order valence-corrected chi connectivity index (χ2v) is 7.58. The van der Waals surface area contributed by atoms with Crippen molar-refractivity contribution in [1.29, 1.82) is 0 Å². The van der Waals surface area contributed by atoms with E-state index >= 15 is 0 Å². The molecule has 4 rings (SSSR count). The minimum Gasteiger partial charge on any atom is -0.477 e. The molecule has 1 aliphatic carbocycles. The van der Waals surface area contributed by atoms with Gasteiger partial charge in [-0.15, -0.1) is 21.5 Å². The highest BCUT2D eigenvalue weighted by molar-refractivity contribution is 7.11. The first-order valence-corrected chi connectivity index (χ1v) is 9.16. The molecule has 2 atom stereocenters. The van der Waals surface area contributed by atoms with E-state index < -0.39 is 0 Å². The van der Waals surface area contributed by atoms with E-state index in [2.05, 4.69) is 31.2 Å². The van der Waals surface area contributed by atoms with Gasteiger partial charge in [0, 0.05) is 30.1 Å². The molecular weight excluding hydrogens is 350 g/mol. The zero-order chi connectivity index (χ0) is 18.1. The van der Waals surface area contributed by atoms with Crippen LogP contribution in [0, 0.1) is 12.8 Å². The summed E-state index contributed by atoms with van der Waals surface area (Å²) >= 11 is 1.51. The van der Waals surface area contributed by atoms with Gasteiger partial charge in [-0.1, -0.05) is 6.07 Å². The molecule has 4 N–H and O–H groups in total. The van der Waals surface area contributed by atoms with Crippen LogP contribution >= 0.6 is 11.3 Å². The van der Waals surface area contributed by atoms with Crippen LogP contribution in [-0.4, -0.2) is 31.8 Å². The Labute approximate surface area is 154 Å². The number of aryl methyl sites for hydroxylation is 1. The fourth-order valence-electron chi connectivity index (χ4n) is 2.92. The van der Waals surface area contributed by atoms with Gasteiger partial charge in [0.25, 0.3) is 0 Å². The zero-order valence-corrected chi connectivity index (χ0v) is 15.1. The van der Waals surface area contributed by atoms with Gasteiger partial charge in [-0.3, -0.25) is 4.98 Å². The Morgan fingerprint density at radius 2 is 2.12 bits per heavy atom. The summed E-state index contributed by atoms with van der Waals surface area (Å²) in [5, 5.41) is 9.90. The normalized spacial score (nSPS) is 18.7. The van der Waals surface area contributed by atoms with Crippen molar-refractivity contribution in [2.75, 3.05) is 18.1 Å². The topological polar surface area (TPSA) is 126 Å². The first-order valence-electron chi connectivity index (χ1n) is 8.34. The van der Waals surface area contributed by atoms with Gasteiger partial charge >= 0.3 is 0 Å². The fraction of sp³-hybridized carbons (Fsp3) is 0.353. The maximum Gasteiger partial charge on any atom is 0.225 e. The van der Waals surface area contributed by atoms with E-state index in [1.54, 1.807) is 0 Å². The van der Waals surface area contributed by atoms with Crippen LogP contribution in [0.2, 0.25) is 0 Å². The van der Waals surface area contributed by atoms with Crippen molar-refractivity contribution in [2.24, 2.45) is 5.92 Å². The van der Waals surface area contributed by atoms with Gasteiger partial charge in [-0.05, 0) is 25.5 Å². The van der Waals surface area contributed by atoms with Crippen molar-refractivity contribution in [3.8, 4) is 5.88 Å². The molecular formula is C17H19N7OS. The van der Waals surface area contributed by atoms with Crippen LogP contribution in [-0.2, 0) is 6.42 Å². The highest BCUT2D eigenvalue weighted by Gasteiger charge is 2.40. The first-order chi connectivity index (χ1) is 12.6. The summed E-state index contributed by atoms with van der Waals surface area (Å²) in [7, 11) is 0. The summed E-state index contributed by atoms with van der Waals surface area (Å²) in [6.45, 7) is 2.45. The number of anilines is 2. The third-order valence-corrected chi connectivity index (χ3v) is 5.18. The van der Waals surface area contributed by atoms with Crippen LogP contribution in [0.25, 0.3) is 0 Å². The lowest BCUT2D eigenvalue weighted by Crippen LogP contribution is -2.11. The number of nitrogens with two attached hydrogens (primary N) is 2. The highest BCUT2D eigenvalue weighted by atomic mass is 32.1. The second-order valence-electron chi connectivity index (χ2n) is 6.31. The SMILES string of the molecule is Cc1nnc(Cc2c(N)nc(N)nc2OCC2CC2c2ccccn2)s1. The van der Waals surface area contributed by atoms with Crippen LogP contribution in [0.15, 0.2) is 24.4 Å². The van der Waals surface area contributed by atoms with Gasteiger partial charge in [-0.25, -0.2) is 0 Å². The Balaban J connectivity index is 1.47. The number of hydrogen-bond donors (Lipinski definition) is 2. The summed E-state index contributed by atoms with van der Waals surface area (Å²) in [6.07, 6.45) is 3.35. The number of nitrogens with zero attached hydrogens (tertiary/aromatic N) is 5. The first kappa shape index (κ1) is 16.6. The second kappa shape index (κ2) is 6.83. The number of pyridine rings is 1. The van der Waals surface area contributed by atoms with Crippen LogP contribution in [0.5, 0.6) is 5.88 Å². The van der Waals surface area contributed by atoms with E-state index in [1.165, 1.54) is 11.3 Å². The standard InChI is InChI=1S/C17H19N7OS/c1-9-23-24-14(26-9)7-12-15(18)21-17(19)22-16(12)25-8-10-6-11(10)13-4-2-3-5-20-13/h2-5,10-11H,6-8H2,1H3,(H4,18,19,21,22). The quantitative estimate of drug-likeness (QED) is 0.675. The Hall–Kier alpha value is -2.81. The van der Waals surface area contributed by atoms with Crippen molar-refractivity contribution in [3.05, 3.63) is 45.7 Å². The van der Waals surface area contributed by atoms with Gasteiger partial charge in [-0.2, -0.15) is 9.97 Å². The van der Waals surface area contributed by atoms with Crippen LogP contribution < -0.4 is 16.2 Å². The van der Waals surface area contributed by atoms with Gasteiger partial charge in [0.05, 0.1) is 12.2 Å². The van der Waals surface area contributed by atoms with Gasteiger partial charge in [0.2, 0.25) is 11.8 Å². The molecule has 1 saturated carbocycles. The average Bonchev–Trinajstić information content (AvgIpc) is 3.29. The molecule has 3 aromatic rings. The van der Waals surface area contributed by atoms with E-state index in [-0.39, 0.29) is 5.95 Å². The monoisotopic (exact) mass is 369 g/mol. The lowest BCUT2D eigenvalue weighted by molar-refractivity contribution is 0.283. The van der Waals surface area contributed by atoms with Crippen LogP contribution in [0.3, 0.4) is 0 Å². The average molecular weight is 369 g/mol. The van der Waals surface area contributed by atoms with E-state index in [4.69, 9.17) is 16.2 Å². The van der Waals surface area contributed by atoms with Crippen molar-refractivity contribution in [3.63, 3.8) is 0 Å². The number of nitrogen functional groups attached to an aromatic ring is 2. The minimum absolute atomic E-state index is 0.103. The molecule has 3 aromatic heterocycles. The molecule has 0 amide bonds. The minimum atomic E-state index is 0.103. The molecule has 0 bridgehead atoms. The predicted molar refractivity (Wildman–Crippen MR) is 98.9 cm³/mol. The summed E-state index contributed by atoms with van der Waals surface area (Å²) in [5.74, 6) is 1.69. The highest BCUT2D eigenvalue weighted by Crippen LogP contribution is 2.46. The molecule has 8 nitrogen and oxygen atoms in total. The molecule has 0 spiro atoms. The van der Waals surface area contributed by atoms with E-state index in [0.717, 1.165) is 22.1 Å².